The van der Waals surface area contributed by atoms with E-state index in [0.29, 0.717) is 26.9 Å². The van der Waals surface area contributed by atoms with Gasteiger partial charge in [0, 0.05) is 10.0 Å². The molecule has 0 saturated heterocycles. The number of aliphatic imine (C=N–C) groups is 1. The lowest BCUT2D eigenvalue weighted by Crippen LogP contribution is -2.12. The predicted molar refractivity (Wildman–Crippen MR) is 140 cm³/mol. The van der Waals surface area contributed by atoms with Gasteiger partial charge in [0.25, 0.3) is 0 Å². The fourth-order valence-electron chi connectivity index (χ4n) is 3.26. The van der Waals surface area contributed by atoms with Crippen molar-refractivity contribution in [2.24, 2.45) is 4.99 Å². The Morgan fingerprint density at radius 2 is 1.86 bits per heavy atom. The molecule has 0 radical (unpaired) electrons. The zero-order valence-corrected chi connectivity index (χ0v) is 21.1. The number of aliphatic hydroxyl groups is 1. The smallest absolute Gasteiger partial charge is 0.344 e. The molecule has 8 heteroatoms. The van der Waals surface area contributed by atoms with E-state index in [1.165, 1.54) is 23.9 Å². The summed E-state index contributed by atoms with van der Waals surface area (Å²) in [5.74, 6) is -0.594. The van der Waals surface area contributed by atoms with E-state index in [0.717, 1.165) is 10.0 Å². The third kappa shape index (κ3) is 6.21. The standard InChI is InChI=1S/C27H21BrFNO4S/c1-2-33-27(32)24-25(31)23(35-26(24)30-21-6-4-3-5-7-21)15-18-14-19(28)10-13-22(18)34-16-17-8-11-20(29)12-9-17/h3-15,31H,2,16H2,1H3/b23-15-,30-26?. The van der Waals surface area contributed by atoms with Gasteiger partial charge in [0.1, 0.15) is 34.5 Å². The van der Waals surface area contributed by atoms with Crippen molar-refractivity contribution in [1.29, 1.82) is 0 Å². The number of para-hydroxylation sites is 1. The van der Waals surface area contributed by atoms with Crippen LogP contribution in [0.5, 0.6) is 5.75 Å². The van der Waals surface area contributed by atoms with Gasteiger partial charge in [-0.2, -0.15) is 0 Å². The maximum atomic E-state index is 13.2. The van der Waals surface area contributed by atoms with Crippen molar-refractivity contribution in [3.63, 3.8) is 0 Å². The quantitative estimate of drug-likeness (QED) is 0.309. The molecule has 0 bridgehead atoms. The molecule has 178 valence electrons. The predicted octanol–water partition coefficient (Wildman–Crippen LogP) is 7.36. The number of hydrogen-bond donors (Lipinski definition) is 1. The van der Waals surface area contributed by atoms with Crippen LogP contribution in [-0.2, 0) is 16.1 Å². The lowest BCUT2D eigenvalue weighted by atomic mass is 10.1. The summed E-state index contributed by atoms with van der Waals surface area (Å²) in [6, 6.07) is 20.7. The van der Waals surface area contributed by atoms with Gasteiger partial charge in [0.05, 0.1) is 17.2 Å². The van der Waals surface area contributed by atoms with Gasteiger partial charge in [0.2, 0.25) is 0 Å². The number of thioether (sulfide) groups is 1. The molecule has 0 amide bonds. The van der Waals surface area contributed by atoms with Crippen molar-refractivity contribution in [2.75, 3.05) is 6.61 Å². The van der Waals surface area contributed by atoms with Gasteiger partial charge in [-0.3, -0.25) is 0 Å². The highest BCUT2D eigenvalue weighted by Gasteiger charge is 2.33. The molecule has 1 N–H and O–H groups in total. The van der Waals surface area contributed by atoms with Crippen LogP contribution in [0.3, 0.4) is 0 Å². The van der Waals surface area contributed by atoms with E-state index in [1.54, 1.807) is 31.2 Å². The molecule has 0 aromatic heterocycles. The molecule has 1 aliphatic rings. The third-order valence-electron chi connectivity index (χ3n) is 4.92. The second-order valence-electron chi connectivity index (χ2n) is 7.40. The van der Waals surface area contributed by atoms with Crippen LogP contribution in [0.2, 0.25) is 0 Å². The third-order valence-corrected chi connectivity index (χ3v) is 6.44. The van der Waals surface area contributed by atoms with Crippen LogP contribution in [0.15, 0.2) is 98.5 Å². The van der Waals surface area contributed by atoms with Crippen molar-refractivity contribution >= 4 is 50.5 Å². The van der Waals surface area contributed by atoms with Crippen LogP contribution in [0, 0.1) is 5.82 Å². The van der Waals surface area contributed by atoms with Gasteiger partial charge >= 0.3 is 5.97 Å². The van der Waals surface area contributed by atoms with Crippen molar-refractivity contribution in [3.8, 4) is 5.75 Å². The fraction of sp³-hybridized carbons (Fsp3) is 0.111. The first-order valence-corrected chi connectivity index (χ1v) is 12.4. The Kier molecular flexibility index (Phi) is 8.05. The summed E-state index contributed by atoms with van der Waals surface area (Å²) in [6.07, 6.45) is 1.73. The van der Waals surface area contributed by atoms with E-state index in [-0.39, 0.29) is 30.4 Å². The van der Waals surface area contributed by atoms with Crippen molar-refractivity contribution in [2.45, 2.75) is 13.5 Å². The Morgan fingerprint density at radius 3 is 2.57 bits per heavy atom. The zero-order chi connectivity index (χ0) is 24.8. The van der Waals surface area contributed by atoms with E-state index in [1.807, 2.05) is 42.5 Å². The van der Waals surface area contributed by atoms with E-state index in [2.05, 4.69) is 20.9 Å². The van der Waals surface area contributed by atoms with Gasteiger partial charge in [-0.1, -0.05) is 58.0 Å². The van der Waals surface area contributed by atoms with E-state index in [4.69, 9.17) is 9.47 Å². The number of benzene rings is 3. The highest BCUT2D eigenvalue weighted by atomic mass is 79.9. The lowest BCUT2D eigenvalue weighted by molar-refractivity contribution is -0.138. The zero-order valence-electron chi connectivity index (χ0n) is 18.7. The average Bonchev–Trinajstić information content (AvgIpc) is 3.14. The number of esters is 1. The number of aliphatic hydroxyl groups excluding tert-OH is 1. The van der Waals surface area contributed by atoms with Gasteiger partial charge in [-0.05, 0) is 61.0 Å². The number of halogens is 2. The maximum absolute atomic E-state index is 13.2. The Bertz CT molecular complexity index is 1320. The Balaban J connectivity index is 1.68. The lowest BCUT2D eigenvalue weighted by Gasteiger charge is -2.11. The number of nitrogens with zero attached hydrogens (tertiary/aromatic N) is 1. The normalized spacial score (nSPS) is 15.6. The first-order chi connectivity index (χ1) is 16.9. The van der Waals surface area contributed by atoms with E-state index < -0.39 is 5.97 Å². The number of rotatable bonds is 7. The number of carbonyl (C=O) groups excluding carboxylic acids is 1. The summed E-state index contributed by atoms with van der Waals surface area (Å²) >= 11 is 4.65. The van der Waals surface area contributed by atoms with Crippen LogP contribution >= 0.6 is 27.7 Å². The molecule has 0 aliphatic carbocycles. The number of hydrogen-bond acceptors (Lipinski definition) is 6. The molecule has 1 aliphatic heterocycles. The summed E-state index contributed by atoms with van der Waals surface area (Å²) in [5.41, 5.74) is 2.17. The monoisotopic (exact) mass is 553 g/mol. The van der Waals surface area contributed by atoms with Crippen LogP contribution in [0.25, 0.3) is 6.08 Å². The fourth-order valence-corrected chi connectivity index (χ4v) is 4.66. The van der Waals surface area contributed by atoms with Gasteiger partial charge in [-0.15, -0.1) is 0 Å². The second kappa shape index (κ2) is 11.4. The summed E-state index contributed by atoms with van der Waals surface area (Å²) in [6.45, 7) is 2.11. The van der Waals surface area contributed by atoms with Crippen LogP contribution in [-0.4, -0.2) is 22.7 Å². The molecule has 35 heavy (non-hydrogen) atoms. The van der Waals surface area contributed by atoms with Gasteiger partial charge in [0.15, 0.2) is 0 Å². The van der Waals surface area contributed by atoms with Crippen molar-refractivity contribution < 1.29 is 23.8 Å². The van der Waals surface area contributed by atoms with E-state index in [9.17, 15) is 14.3 Å². The summed E-state index contributed by atoms with van der Waals surface area (Å²) in [7, 11) is 0. The molecule has 0 spiro atoms. The first kappa shape index (κ1) is 24.8. The van der Waals surface area contributed by atoms with Crippen molar-refractivity contribution in [1.82, 2.24) is 0 Å². The first-order valence-electron chi connectivity index (χ1n) is 10.8. The van der Waals surface area contributed by atoms with Crippen molar-refractivity contribution in [3.05, 3.63) is 110 Å². The molecule has 3 aromatic carbocycles. The molecule has 5 nitrogen and oxygen atoms in total. The number of carbonyl (C=O) groups is 1. The molecule has 1 heterocycles. The molecule has 0 saturated carbocycles. The van der Waals surface area contributed by atoms with E-state index >= 15 is 0 Å². The van der Waals surface area contributed by atoms with Gasteiger partial charge < -0.3 is 14.6 Å². The maximum Gasteiger partial charge on any atom is 0.344 e. The molecule has 0 unspecified atom stereocenters. The topological polar surface area (TPSA) is 68.1 Å². The second-order valence-corrected chi connectivity index (χ2v) is 9.35. The highest BCUT2D eigenvalue weighted by Crippen LogP contribution is 2.41. The molecular weight excluding hydrogens is 533 g/mol. The summed E-state index contributed by atoms with van der Waals surface area (Å²) < 4.78 is 25.2. The Morgan fingerprint density at radius 1 is 1.11 bits per heavy atom. The minimum Gasteiger partial charge on any atom is -0.506 e. The summed E-state index contributed by atoms with van der Waals surface area (Å²) in [4.78, 5) is 17.6. The van der Waals surface area contributed by atoms with Crippen LogP contribution in [0.1, 0.15) is 18.1 Å². The largest absolute Gasteiger partial charge is 0.506 e. The Labute approximate surface area is 215 Å². The van der Waals surface area contributed by atoms with Gasteiger partial charge in [-0.25, -0.2) is 14.2 Å². The molecule has 4 rings (SSSR count). The average molecular weight is 554 g/mol. The van der Waals surface area contributed by atoms with Crippen LogP contribution < -0.4 is 4.74 Å². The number of ether oxygens (including phenoxy) is 2. The minimum absolute atomic E-state index is 0.0238. The molecular formula is C27H21BrFNO4S. The SMILES string of the molecule is CCOC(=O)C1=C(O)/C(=C/c2cc(Br)ccc2OCc2ccc(F)cc2)SC1=Nc1ccccc1. The summed E-state index contributed by atoms with van der Waals surface area (Å²) in [5, 5.41) is 11.3. The minimum atomic E-state index is -0.641. The van der Waals surface area contributed by atoms with Crippen LogP contribution in [0.4, 0.5) is 10.1 Å². The molecule has 3 aromatic rings. The molecule has 0 fully saturated rings. The molecule has 0 atom stereocenters. The Hall–Kier alpha value is -3.36. The highest BCUT2D eigenvalue weighted by molar-refractivity contribution is 9.10.